The smallest absolute Gasteiger partial charge is 0.409 e. The van der Waals surface area contributed by atoms with E-state index in [9.17, 15) is 23.1 Å². The topological polar surface area (TPSA) is 106 Å². The van der Waals surface area contributed by atoms with Gasteiger partial charge in [0.15, 0.2) is 0 Å². The standard InChI is InChI=1S/C23H23ClN2O6S/c1-2-32-23(29)25-11-10-21(27)19(13-25)22(28)18-14-26(20-9-8-15(24)12-17(18)20)33(30,31)16-6-4-3-5-7-16/h3-9,12,14,19,22,28H,2,10-11,13H2,1H3/t19-,22+/m1/s1. The van der Waals surface area contributed by atoms with Crippen LogP contribution in [0.2, 0.25) is 5.02 Å². The number of hydrogen-bond acceptors (Lipinski definition) is 6. The molecular formula is C23H23ClN2O6S. The summed E-state index contributed by atoms with van der Waals surface area (Å²) >= 11 is 6.17. The van der Waals surface area contributed by atoms with Crippen LogP contribution < -0.4 is 0 Å². The summed E-state index contributed by atoms with van der Waals surface area (Å²) in [4.78, 5) is 26.3. The van der Waals surface area contributed by atoms with Crippen LogP contribution in [0.5, 0.6) is 0 Å². The molecule has 2 aromatic carbocycles. The number of amides is 1. The number of Topliss-reactive ketones (excluding diaryl/α,β-unsaturated/α-hetero) is 1. The van der Waals surface area contributed by atoms with Crippen molar-refractivity contribution in [2.24, 2.45) is 5.92 Å². The van der Waals surface area contributed by atoms with E-state index >= 15 is 0 Å². The van der Waals surface area contributed by atoms with Crippen LogP contribution in [-0.4, -0.2) is 54.0 Å². The molecule has 2 heterocycles. The summed E-state index contributed by atoms with van der Waals surface area (Å²) in [5, 5.41) is 12.0. The number of carbonyl (C=O) groups excluding carboxylic acids is 2. The van der Waals surface area contributed by atoms with Gasteiger partial charge in [0.25, 0.3) is 10.0 Å². The molecule has 0 radical (unpaired) electrons. The molecule has 0 spiro atoms. The molecule has 8 nitrogen and oxygen atoms in total. The number of carbonyl (C=O) groups is 2. The fraction of sp³-hybridized carbons (Fsp3) is 0.304. The van der Waals surface area contributed by atoms with E-state index in [2.05, 4.69) is 0 Å². The Bertz CT molecular complexity index is 1310. The summed E-state index contributed by atoms with van der Waals surface area (Å²) in [5.41, 5.74) is 0.568. The largest absolute Gasteiger partial charge is 0.450 e. The highest BCUT2D eigenvalue weighted by molar-refractivity contribution is 7.90. The van der Waals surface area contributed by atoms with Crippen molar-refractivity contribution in [2.75, 3.05) is 19.7 Å². The molecule has 10 heteroatoms. The van der Waals surface area contributed by atoms with E-state index in [0.717, 1.165) is 3.97 Å². The number of piperidine rings is 1. The first-order valence-corrected chi connectivity index (χ1v) is 12.3. The van der Waals surface area contributed by atoms with Crippen LogP contribution in [0.4, 0.5) is 4.79 Å². The summed E-state index contributed by atoms with van der Waals surface area (Å²) in [6, 6.07) is 12.6. The van der Waals surface area contributed by atoms with Gasteiger partial charge in [-0.2, -0.15) is 0 Å². The molecule has 0 unspecified atom stereocenters. The lowest BCUT2D eigenvalue weighted by Crippen LogP contribution is -2.46. The van der Waals surface area contributed by atoms with Gasteiger partial charge >= 0.3 is 6.09 Å². The van der Waals surface area contributed by atoms with Crippen molar-refractivity contribution in [2.45, 2.75) is 24.3 Å². The van der Waals surface area contributed by atoms with Crippen LogP contribution >= 0.6 is 11.6 Å². The van der Waals surface area contributed by atoms with E-state index in [1.165, 1.54) is 23.2 Å². The van der Waals surface area contributed by atoms with Gasteiger partial charge in [0, 0.05) is 41.7 Å². The molecule has 1 saturated heterocycles. The minimum atomic E-state index is -3.97. The van der Waals surface area contributed by atoms with Crippen molar-refractivity contribution >= 4 is 44.4 Å². The number of rotatable bonds is 5. The van der Waals surface area contributed by atoms with Crippen molar-refractivity contribution in [1.29, 1.82) is 0 Å². The zero-order chi connectivity index (χ0) is 23.8. The Balaban J connectivity index is 1.79. The molecule has 1 aromatic heterocycles. The van der Waals surface area contributed by atoms with Crippen molar-refractivity contribution in [1.82, 2.24) is 8.87 Å². The molecule has 1 aliphatic heterocycles. The summed E-state index contributed by atoms with van der Waals surface area (Å²) in [5.74, 6) is -1.14. The molecule has 33 heavy (non-hydrogen) atoms. The maximum absolute atomic E-state index is 13.3. The summed E-state index contributed by atoms with van der Waals surface area (Å²) < 4.78 is 32.8. The zero-order valence-corrected chi connectivity index (χ0v) is 19.4. The predicted molar refractivity (Wildman–Crippen MR) is 123 cm³/mol. The third kappa shape index (κ3) is 4.36. The van der Waals surface area contributed by atoms with Crippen LogP contribution in [0.1, 0.15) is 25.0 Å². The molecule has 1 aliphatic rings. The van der Waals surface area contributed by atoms with Gasteiger partial charge in [0.1, 0.15) is 5.78 Å². The number of fused-ring (bicyclic) bond motifs is 1. The number of ketones is 1. The van der Waals surface area contributed by atoms with E-state index in [0.29, 0.717) is 15.9 Å². The van der Waals surface area contributed by atoms with Gasteiger partial charge in [-0.1, -0.05) is 29.8 Å². The first kappa shape index (κ1) is 23.3. The Hall–Kier alpha value is -2.88. The number of likely N-dealkylation sites (tertiary alicyclic amines) is 1. The van der Waals surface area contributed by atoms with Gasteiger partial charge in [-0.25, -0.2) is 17.2 Å². The van der Waals surface area contributed by atoms with Crippen LogP contribution in [0, 0.1) is 5.92 Å². The Labute approximate surface area is 196 Å². The minimum Gasteiger partial charge on any atom is -0.450 e. The number of ether oxygens (including phenoxy) is 1. The Morgan fingerprint density at radius 2 is 1.97 bits per heavy atom. The number of hydrogen-bond donors (Lipinski definition) is 1. The lowest BCUT2D eigenvalue weighted by atomic mass is 9.87. The molecule has 1 N–H and O–H groups in total. The van der Waals surface area contributed by atoms with Crippen LogP contribution in [0.15, 0.2) is 59.6 Å². The first-order valence-electron chi connectivity index (χ1n) is 10.5. The molecule has 2 atom stereocenters. The fourth-order valence-electron chi connectivity index (χ4n) is 4.07. The number of halogens is 1. The van der Waals surface area contributed by atoms with E-state index in [1.54, 1.807) is 43.3 Å². The zero-order valence-electron chi connectivity index (χ0n) is 17.8. The Morgan fingerprint density at radius 1 is 1.24 bits per heavy atom. The quantitative estimate of drug-likeness (QED) is 0.585. The van der Waals surface area contributed by atoms with Crippen molar-refractivity contribution in [3.8, 4) is 0 Å². The third-order valence-electron chi connectivity index (χ3n) is 5.75. The van der Waals surface area contributed by atoms with E-state index in [-0.39, 0.29) is 42.4 Å². The molecule has 174 valence electrons. The molecule has 0 aliphatic carbocycles. The van der Waals surface area contributed by atoms with Crippen molar-refractivity contribution in [3.05, 3.63) is 65.3 Å². The number of nitrogens with zero attached hydrogens (tertiary/aromatic N) is 2. The second-order valence-electron chi connectivity index (χ2n) is 7.77. The van der Waals surface area contributed by atoms with Gasteiger partial charge in [-0.05, 0) is 37.3 Å². The maximum atomic E-state index is 13.3. The highest BCUT2D eigenvalue weighted by Gasteiger charge is 2.37. The lowest BCUT2D eigenvalue weighted by Gasteiger charge is -2.33. The normalized spacial score (nSPS) is 17.8. The first-order chi connectivity index (χ1) is 15.7. The molecular weight excluding hydrogens is 468 g/mol. The molecule has 0 saturated carbocycles. The third-order valence-corrected chi connectivity index (χ3v) is 7.67. The van der Waals surface area contributed by atoms with Gasteiger partial charge < -0.3 is 14.7 Å². The van der Waals surface area contributed by atoms with Gasteiger partial charge in [-0.15, -0.1) is 0 Å². The number of aliphatic hydroxyl groups is 1. The summed E-state index contributed by atoms with van der Waals surface area (Å²) in [7, 11) is -3.97. The molecule has 4 rings (SSSR count). The van der Waals surface area contributed by atoms with Crippen molar-refractivity contribution < 1.29 is 27.9 Å². The van der Waals surface area contributed by atoms with E-state index in [1.807, 2.05) is 0 Å². The summed E-state index contributed by atoms with van der Waals surface area (Å²) in [6.45, 7) is 2.05. The molecule has 0 bridgehead atoms. The van der Waals surface area contributed by atoms with Crippen molar-refractivity contribution in [3.63, 3.8) is 0 Å². The predicted octanol–water partition coefficient (Wildman–Crippen LogP) is 3.61. The van der Waals surface area contributed by atoms with Gasteiger partial charge in [-0.3, -0.25) is 4.79 Å². The van der Waals surface area contributed by atoms with Gasteiger partial charge in [0.2, 0.25) is 0 Å². The summed E-state index contributed by atoms with van der Waals surface area (Å²) in [6.07, 6.45) is -0.505. The number of aromatic nitrogens is 1. The Kier molecular flexibility index (Phi) is 6.47. The van der Waals surface area contributed by atoms with Crippen LogP contribution in [-0.2, 0) is 19.6 Å². The minimum absolute atomic E-state index is 0.0303. The Morgan fingerprint density at radius 3 is 2.67 bits per heavy atom. The average molecular weight is 491 g/mol. The second-order valence-corrected chi connectivity index (χ2v) is 10.0. The fourth-order valence-corrected chi connectivity index (χ4v) is 5.64. The molecule has 1 fully saturated rings. The monoisotopic (exact) mass is 490 g/mol. The molecule has 3 aromatic rings. The maximum Gasteiger partial charge on any atom is 0.409 e. The number of aliphatic hydroxyl groups excluding tert-OH is 1. The average Bonchev–Trinajstić information content (AvgIpc) is 3.19. The number of benzene rings is 2. The highest BCUT2D eigenvalue weighted by atomic mass is 35.5. The SMILES string of the molecule is CCOC(=O)N1CCC(=O)[C@H]([C@@H](O)c2cn(S(=O)(=O)c3ccccc3)c3ccc(Cl)cc23)C1. The highest BCUT2D eigenvalue weighted by Crippen LogP contribution is 2.36. The van der Waals surface area contributed by atoms with Gasteiger partial charge in [0.05, 0.1) is 29.0 Å². The molecule has 1 amide bonds. The lowest BCUT2D eigenvalue weighted by molar-refractivity contribution is -0.130. The van der Waals surface area contributed by atoms with E-state index in [4.69, 9.17) is 16.3 Å². The van der Waals surface area contributed by atoms with Crippen LogP contribution in [0.3, 0.4) is 0 Å². The van der Waals surface area contributed by atoms with E-state index < -0.39 is 28.1 Å². The van der Waals surface area contributed by atoms with Crippen LogP contribution in [0.25, 0.3) is 10.9 Å². The second kappa shape index (κ2) is 9.17.